The van der Waals surface area contributed by atoms with Gasteiger partial charge in [0, 0.05) is 6.54 Å². The molecule has 0 unspecified atom stereocenters. The lowest BCUT2D eigenvalue weighted by molar-refractivity contribution is 0.661. The van der Waals surface area contributed by atoms with Crippen LogP contribution in [0.1, 0.15) is 22.5 Å². The van der Waals surface area contributed by atoms with Crippen molar-refractivity contribution in [2.45, 2.75) is 26.9 Å². The number of H-pyrrole nitrogens is 1. The monoisotopic (exact) mass is 217 g/mol. The van der Waals surface area contributed by atoms with Crippen molar-refractivity contribution in [2.24, 2.45) is 0 Å². The van der Waals surface area contributed by atoms with Crippen LogP contribution in [0.25, 0.3) is 0 Å². The Hall–Kier alpha value is -1.75. The third-order valence-electron chi connectivity index (χ3n) is 2.49. The van der Waals surface area contributed by atoms with E-state index in [1.54, 1.807) is 0 Å². The third-order valence-corrected chi connectivity index (χ3v) is 2.49. The van der Waals surface area contributed by atoms with Gasteiger partial charge in [0.25, 0.3) is 0 Å². The van der Waals surface area contributed by atoms with Gasteiger partial charge in [-0.1, -0.05) is 29.0 Å². The molecule has 0 radical (unpaired) electrons. The Morgan fingerprint density at radius 3 is 2.88 bits per heavy atom. The Morgan fingerprint density at radius 1 is 1.25 bits per heavy atom. The Morgan fingerprint density at radius 2 is 2.12 bits per heavy atom. The summed E-state index contributed by atoms with van der Waals surface area (Å²) in [6, 6.07) is 6.46. The fourth-order valence-corrected chi connectivity index (χ4v) is 1.56. The van der Waals surface area contributed by atoms with Crippen LogP contribution in [0.4, 0.5) is 0 Å². The second-order valence-corrected chi connectivity index (χ2v) is 3.86. The predicted octanol–water partition coefficient (Wildman–Crippen LogP) is 1.11. The molecule has 0 bridgehead atoms. The number of hydrogen-bond acceptors (Lipinski definition) is 4. The van der Waals surface area contributed by atoms with Crippen LogP contribution >= 0.6 is 0 Å². The number of hydrogen-bond donors (Lipinski definition) is 2. The number of nitrogens with zero attached hydrogens (tertiary/aromatic N) is 3. The zero-order valence-electron chi connectivity index (χ0n) is 9.49. The highest BCUT2D eigenvalue weighted by Crippen LogP contribution is 2.10. The van der Waals surface area contributed by atoms with Crippen LogP contribution in [0, 0.1) is 13.8 Å². The fourth-order valence-electron chi connectivity index (χ4n) is 1.56. The van der Waals surface area contributed by atoms with Crippen molar-refractivity contribution in [2.75, 3.05) is 0 Å². The number of benzene rings is 1. The molecule has 0 spiro atoms. The van der Waals surface area contributed by atoms with Gasteiger partial charge in [-0.15, -0.1) is 10.2 Å². The van der Waals surface area contributed by atoms with Crippen molar-refractivity contribution in [1.29, 1.82) is 0 Å². The van der Waals surface area contributed by atoms with Crippen molar-refractivity contribution in [3.63, 3.8) is 0 Å². The SMILES string of the molecule is Cc1ccc(C)c(CNCc2nn[nH]n2)c1. The second kappa shape index (κ2) is 4.85. The van der Waals surface area contributed by atoms with Crippen molar-refractivity contribution in [3.05, 3.63) is 40.7 Å². The maximum Gasteiger partial charge on any atom is 0.188 e. The summed E-state index contributed by atoms with van der Waals surface area (Å²) in [7, 11) is 0. The van der Waals surface area contributed by atoms with E-state index < -0.39 is 0 Å². The largest absolute Gasteiger partial charge is 0.306 e. The standard InChI is InChI=1S/C11H15N5/c1-8-3-4-9(2)10(5-8)6-12-7-11-13-15-16-14-11/h3-5,12H,6-7H2,1-2H3,(H,13,14,15,16). The van der Waals surface area contributed by atoms with E-state index >= 15 is 0 Å². The molecular formula is C11H15N5. The normalized spacial score (nSPS) is 10.6. The first-order valence-electron chi connectivity index (χ1n) is 5.25. The highest BCUT2D eigenvalue weighted by Gasteiger charge is 2.00. The van der Waals surface area contributed by atoms with E-state index in [0.29, 0.717) is 12.4 Å². The molecule has 0 aliphatic carbocycles. The molecule has 0 saturated heterocycles. The van der Waals surface area contributed by atoms with Gasteiger partial charge in [0.15, 0.2) is 5.82 Å². The number of aromatic nitrogens is 4. The van der Waals surface area contributed by atoms with Crippen LogP contribution in [0.5, 0.6) is 0 Å². The van der Waals surface area contributed by atoms with Crippen molar-refractivity contribution in [1.82, 2.24) is 25.9 Å². The van der Waals surface area contributed by atoms with Gasteiger partial charge in [-0.2, -0.15) is 5.21 Å². The molecule has 0 aliphatic heterocycles. The number of tetrazole rings is 1. The summed E-state index contributed by atoms with van der Waals surface area (Å²) < 4.78 is 0. The Kier molecular flexibility index (Phi) is 3.26. The van der Waals surface area contributed by atoms with Crippen LogP contribution < -0.4 is 5.32 Å². The van der Waals surface area contributed by atoms with Crippen LogP contribution in [0.15, 0.2) is 18.2 Å². The van der Waals surface area contributed by atoms with Crippen molar-refractivity contribution in [3.8, 4) is 0 Å². The van der Waals surface area contributed by atoms with Crippen LogP contribution in [-0.2, 0) is 13.1 Å². The molecule has 16 heavy (non-hydrogen) atoms. The summed E-state index contributed by atoms with van der Waals surface area (Å²) in [5.41, 5.74) is 3.89. The van der Waals surface area contributed by atoms with Crippen LogP contribution in [0.3, 0.4) is 0 Å². The molecule has 0 aliphatic rings. The molecule has 1 aromatic carbocycles. The van der Waals surface area contributed by atoms with Gasteiger partial charge in [-0.05, 0) is 25.0 Å². The molecule has 0 fully saturated rings. The minimum Gasteiger partial charge on any atom is -0.306 e. The summed E-state index contributed by atoms with van der Waals surface area (Å²) in [6.45, 7) is 5.67. The first kappa shape index (κ1) is 10.8. The Labute approximate surface area is 94.3 Å². The van der Waals surface area contributed by atoms with Gasteiger partial charge in [-0.3, -0.25) is 0 Å². The number of nitrogens with one attached hydrogen (secondary N) is 2. The first-order chi connectivity index (χ1) is 7.75. The smallest absolute Gasteiger partial charge is 0.188 e. The molecule has 5 heteroatoms. The quantitative estimate of drug-likeness (QED) is 0.805. The average Bonchev–Trinajstić information content (AvgIpc) is 2.76. The predicted molar refractivity (Wildman–Crippen MR) is 60.6 cm³/mol. The van der Waals surface area contributed by atoms with E-state index in [2.05, 4.69) is 58.0 Å². The van der Waals surface area contributed by atoms with Gasteiger partial charge >= 0.3 is 0 Å². The average molecular weight is 217 g/mol. The summed E-state index contributed by atoms with van der Waals surface area (Å²) in [4.78, 5) is 0. The topological polar surface area (TPSA) is 66.5 Å². The highest BCUT2D eigenvalue weighted by molar-refractivity contribution is 5.30. The highest BCUT2D eigenvalue weighted by atomic mass is 15.5. The molecule has 84 valence electrons. The van der Waals surface area contributed by atoms with E-state index in [0.717, 1.165) is 6.54 Å². The molecule has 0 amide bonds. The van der Waals surface area contributed by atoms with Gasteiger partial charge in [0.05, 0.1) is 6.54 Å². The molecule has 2 N–H and O–H groups in total. The van der Waals surface area contributed by atoms with Gasteiger partial charge < -0.3 is 5.32 Å². The molecule has 2 aromatic rings. The minimum atomic E-state index is 0.629. The zero-order chi connectivity index (χ0) is 11.4. The van der Waals surface area contributed by atoms with E-state index in [4.69, 9.17) is 0 Å². The number of aromatic amines is 1. The number of aryl methyl sites for hydroxylation is 2. The number of rotatable bonds is 4. The molecule has 2 rings (SSSR count). The Balaban J connectivity index is 1.92. The van der Waals surface area contributed by atoms with Gasteiger partial charge in [0.2, 0.25) is 0 Å². The third kappa shape index (κ3) is 2.64. The summed E-state index contributed by atoms with van der Waals surface area (Å²) in [5.74, 6) is 0.685. The maximum atomic E-state index is 3.88. The van der Waals surface area contributed by atoms with Crippen molar-refractivity contribution >= 4 is 0 Å². The molecule has 0 atom stereocenters. The van der Waals surface area contributed by atoms with E-state index in [1.807, 2.05) is 0 Å². The lowest BCUT2D eigenvalue weighted by Crippen LogP contribution is -2.14. The molecule has 0 saturated carbocycles. The summed E-state index contributed by atoms with van der Waals surface area (Å²) in [6.07, 6.45) is 0. The van der Waals surface area contributed by atoms with E-state index in [1.165, 1.54) is 16.7 Å². The fraction of sp³-hybridized carbons (Fsp3) is 0.364. The van der Waals surface area contributed by atoms with E-state index in [-0.39, 0.29) is 0 Å². The van der Waals surface area contributed by atoms with Gasteiger partial charge in [-0.25, -0.2) is 0 Å². The van der Waals surface area contributed by atoms with Crippen LogP contribution in [-0.4, -0.2) is 20.6 Å². The molecule has 1 heterocycles. The Bertz CT molecular complexity index is 449. The maximum absolute atomic E-state index is 3.88. The molecule has 5 nitrogen and oxygen atoms in total. The second-order valence-electron chi connectivity index (χ2n) is 3.86. The minimum absolute atomic E-state index is 0.629. The molecular weight excluding hydrogens is 202 g/mol. The van der Waals surface area contributed by atoms with E-state index in [9.17, 15) is 0 Å². The molecule has 1 aromatic heterocycles. The lowest BCUT2D eigenvalue weighted by atomic mass is 10.1. The lowest BCUT2D eigenvalue weighted by Gasteiger charge is -2.07. The first-order valence-corrected chi connectivity index (χ1v) is 5.25. The van der Waals surface area contributed by atoms with Gasteiger partial charge in [0.1, 0.15) is 0 Å². The summed E-state index contributed by atoms with van der Waals surface area (Å²) >= 11 is 0. The summed E-state index contributed by atoms with van der Waals surface area (Å²) in [5, 5.41) is 17.0. The van der Waals surface area contributed by atoms with Crippen molar-refractivity contribution < 1.29 is 0 Å². The zero-order valence-corrected chi connectivity index (χ0v) is 9.49. The van der Waals surface area contributed by atoms with Crippen LogP contribution in [0.2, 0.25) is 0 Å².